The first-order chi connectivity index (χ1) is 15.6. The van der Waals surface area contributed by atoms with E-state index in [0.29, 0.717) is 18.4 Å². The van der Waals surface area contributed by atoms with Crippen molar-refractivity contribution in [3.05, 3.63) is 47.9 Å². The number of rotatable bonds is 5. The molecule has 2 fully saturated rings. The first kappa shape index (κ1) is 21.1. The highest BCUT2D eigenvalue weighted by Crippen LogP contribution is 2.48. The van der Waals surface area contributed by atoms with Crippen LogP contribution in [0.2, 0.25) is 0 Å². The van der Waals surface area contributed by atoms with Gasteiger partial charge < -0.3 is 14.5 Å². The van der Waals surface area contributed by atoms with Crippen molar-refractivity contribution in [3.63, 3.8) is 0 Å². The summed E-state index contributed by atoms with van der Waals surface area (Å²) >= 11 is 0. The van der Waals surface area contributed by atoms with Crippen molar-refractivity contribution < 1.29 is 14.3 Å². The lowest BCUT2D eigenvalue weighted by molar-refractivity contribution is -0.137. The van der Waals surface area contributed by atoms with Crippen LogP contribution in [0.3, 0.4) is 0 Å². The summed E-state index contributed by atoms with van der Waals surface area (Å²) in [5.74, 6) is -0.0503. The number of benzene rings is 1. The molecule has 32 heavy (non-hydrogen) atoms. The fourth-order valence-corrected chi connectivity index (χ4v) is 5.43. The van der Waals surface area contributed by atoms with Gasteiger partial charge in [0.05, 0.1) is 17.5 Å². The molecule has 7 heteroatoms. The SMILES string of the molecule is CN(CCN1CCCC1)C(=O)C1CCC2(CC1)OC(=O)c1cc(-c3cnccn3)ccc12. The van der Waals surface area contributed by atoms with Gasteiger partial charge in [0.15, 0.2) is 0 Å². The van der Waals surface area contributed by atoms with E-state index in [1.807, 2.05) is 30.1 Å². The van der Waals surface area contributed by atoms with E-state index < -0.39 is 5.60 Å². The average Bonchev–Trinajstić information content (AvgIpc) is 3.45. The number of aromatic nitrogens is 2. The number of likely N-dealkylation sites (N-methyl/N-ethyl adjacent to an activating group) is 1. The molecule has 2 aromatic rings. The van der Waals surface area contributed by atoms with Crippen LogP contribution in [0.15, 0.2) is 36.8 Å². The lowest BCUT2D eigenvalue weighted by Gasteiger charge is -2.37. The molecule has 0 bridgehead atoms. The zero-order chi connectivity index (χ0) is 22.1. The van der Waals surface area contributed by atoms with E-state index in [4.69, 9.17) is 4.74 Å². The van der Waals surface area contributed by atoms with E-state index in [0.717, 1.165) is 55.8 Å². The van der Waals surface area contributed by atoms with Crippen molar-refractivity contribution in [2.75, 3.05) is 33.2 Å². The van der Waals surface area contributed by atoms with Gasteiger partial charge in [0.1, 0.15) is 5.60 Å². The number of carbonyl (C=O) groups excluding carboxylic acids is 2. The van der Waals surface area contributed by atoms with E-state index in [1.165, 1.54) is 12.8 Å². The number of hydrogen-bond donors (Lipinski definition) is 0. The van der Waals surface area contributed by atoms with Crippen molar-refractivity contribution >= 4 is 11.9 Å². The molecule has 1 spiro atoms. The molecule has 0 N–H and O–H groups in total. The van der Waals surface area contributed by atoms with Crippen LogP contribution in [0.1, 0.15) is 54.4 Å². The summed E-state index contributed by atoms with van der Waals surface area (Å²) in [5, 5.41) is 0. The zero-order valence-corrected chi connectivity index (χ0v) is 18.6. The van der Waals surface area contributed by atoms with Gasteiger partial charge in [-0.05, 0) is 57.7 Å². The molecule has 1 aromatic carbocycles. The molecule has 1 aliphatic carbocycles. The Morgan fingerprint density at radius 1 is 1.22 bits per heavy atom. The number of fused-ring (bicyclic) bond motifs is 2. The predicted octanol–water partition coefficient (Wildman–Crippen LogP) is 3.25. The van der Waals surface area contributed by atoms with E-state index in [2.05, 4.69) is 14.9 Å². The summed E-state index contributed by atoms with van der Waals surface area (Å²) in [5.41, 5.74) is 2.55. The molecule has 168 valence electrons. The van der Waals surface area contributed by atoms with E-state index in [9.17, 15) is 9.59 Å². The number of nitrogens with zero attached hydrogens (tertiary/aromatic N) is 4. The van der Waals surface area contributed by atoms with Crippen molar-refractivity contribution in [2.45, 2.75) is 44.1 Å². The van der Waals surface area contributed by atoms with Gasteiger partial charge in [0.2, 0.25) is 5.91 Å². The lowest BCUT2D eigenvalue weighted by atomic mass is 9.74. The number of hydrogen-bond acceptors (Lipinski definition) is 6. The third-order valence-electron chi connectivity index (χ3n) is 7.35. The van der Waals surface area contributed by atoms with Crippen LogP contribution in [-0.2, 0) is 15.1 Å². The zero-order valence-electron chi connectivity index (χ0n) is 18.6. The Balaban J connectivity index is 1.25. The number of carbonyl (C=O) groups is 2. The predicted molar refractivity (Wildman–Crippen MR) is 120 cm³/mol. The Morgan fingerprint density at radius 3 is 2.72 bits per heavy atom. The van der Waals surface area contributed by atoms with Crippen LogP contribution in [0.25, 0.3) is 11.3 Å². The van der Waals surface area contributed by atoms with Gasteiger partial charge in [0.25, 0.3) is 0 Å². The van der Waals surface area contributed by atoms with Crippen molar-refractivity contribution in [1.82, 2.24) is 19.8 Å². The molecule has 1 saturated carbocycles. The molecule has 3 heterocycles. The quantitative estimate of drug-likeness (QED) is 0.673. The molecule has 3 aliphatic rings. The van der Waals surface area contributed by atoms with Crippen molar-refractivity contribution in [2.24, 2.45) is 5.92 Å². The smallest absolute Gasteiger partial charge is 0.339 e. The first-order valence-electron chi connectivity index (χ1n) is 11.7. The van der Waals surface area contributed by atoms with Gasteiger partial charge in [-0.2, -0.15) is 0 Å². The van der Waals surface area contributed by atoms with Gasteiger partial charge in [-0.3, -0.25) is 14.8 Å². The van der Waals surface area contributed by atoms with Gasteiger partial charge in [-0.1, -0.05) is 12.1 Å². The Hall–Kier alpha value is -2.80. The normalized spacial score (nSPS) is 25.0. The van der Waals surface area contributed by atoms with Crippen LogP contribution in [0, 0.1) is 5.92 Å². The molecule has 5 rings (SSSR count). The maximum atomic E-state index is 13.0. The molecule has 1 amide bonds. The highest BCUT2D eigenvalue weighted by atomic mass is 16.6. The lowest BCUT2D eigenvalue weighted by Crippen LogP contribution is -2.41. The van der Waals surface area contributed by atoms with E-state index in [-0.39, 0.29) is 17.8 Å². The summed E-state index contributed by atoms with van der Waals surface area (Å²) in [7, 11) is 1.92. The van der Waals surface area contributed by atoms with E-state index >= 15 is 0 Å². The molecule has 2 aliphatic heterocycles. The molecule has 0 unspecified atom stereocenters. The van der Waals surface area contributed by atoms with Crippen molar-refractivity contribution in [3.8, 4) is 11.3 Å². The second-order valence-corrected chi connectivity index (χ2v) is 9.32. The van der Waals surface area contributed by atoms with E-state index in [1.54, 1.807) is 18.6 Å². The molecule has 1 aromatic heterocycles. The van der Waals surface area contributed by atoms with Crippen molar-refractivity contribution in [1.29, 1.82) is 0 Å². The largest absolute Gasteiger partial charge is 0.451 e. The van der Waals surface area contributed by atoms with Gasteiger partial charge in [-0.25, -0.2) is 4.79 Å². The Kier molecular flexibility index (Phi) is 5.67. The van der Waals surface area contributed by atoms with Crippen LogP contribution >= 0.6 is 0 Å². The first-order valence-corrected chi connectivity index (χ1v) is 11.7. The molecule has 7 nitrogen and oxygen atoms in total. The average molecular weight is 435 g/mol. The van der Waals surface area contributed by atoms with Crippen LogP contribution in [-0.4, -0.2) is 64.9 Å². The van der Waals surface area contributed by atoms with Gasteiger partial charge >= 0.3 is 5.97 Å². The van der Waals surface area contributed by atoms with Gasteiger partial charge in [-0.15, -0.1) is 0 Å². The molecular formula is C25H30N4O3. The van der Waals surface area contributed by atoms with Gasteiger partial charge in [0, 0.05) is 49.6 Å². The minimum absolute atomic E-state index is 0.00539. The number of likely N-dealkylation sites (tertiary alicyclic amines) is 1. The Bertz CT molecular complexity index is 996. The molecule has 1 saturated heterocycles. The Labute approximate surface area is 188 Å². The number of esters is 1. The second kappa shape index (κ2) is 8.62. The maximum Gasteiger partial charge on any atom is 0.339 e. The highest BCUT2D eigenvalue weighted by Gasteiger charge is 2.48. The minimum Gasteiger partial charge on any atom is -0.451 e. The third-order valence-corrected chi connectivity index (χ3v) is 7.35. The van der Waals surface area contributed by atoms with Crippen LogP contribution in [0.4, 0.5) is 0 Å². The summed E-state index contributed by atoms with van der Waals surface area (Å²) in [6.45, 7) is 4.04. The summed E-state index contributed by atoms with van der Waals surface area (Å²) < 4.78 is 5.95. The third kappa shape index (κ3) is 3.90. The van der Waals surface area contributed by atoms with Crippen LogP contribution in [0.5, 0.6) is 0 Å². The number of amides is 1. The summed E-state index contributed by atoms with van der Waals surface area (Å²) in [6, 6.07) is 5.84. The topological polar surface area (TPSA) is 75.6 Å². The minimum atomic E-state index is -0.599. The number of ether oxygens (including phenoxy) is 1. The maximum absolute atomic E-state index is 13.0. The molecule has 0 atom stereocenters. The highest BCUT2D eigenvalue weighted by molar-refractivity contribution is 5.96. The fourth-order valence-electron chi connectivity index (χ4n) is 5.43. The standard InChI is InChI=1S/C25H30N4O3/c1-28(14-15-29-12-2-3-13-29)23(30)18-6-8-25(9-7-18)21-5-4-19(16-20(21)24(31)32-25)22-17-26-10-11-27-22/h4-5,10-11,16-18H,2-3,6-9,12-15H2,1H3. The summed E-state index contributed by atoms with van der Waals surface area (Å²) in [6.07, 6.45) is 10.4. The monoisotopic (exact) mass is 434 g/mol. The second-order valence-electron chi connectivity index (χ2n) is 9.32. The summed E-state index contributed by atoms with van der Waals surface area (Å²) in [4.78, 5) is 38.5. The molecule has 0 radical (unpaired) electrons. The fraction of sp³-hybridized carbons (Fsp3) is 0.520. The Morgan fingerprint density at radius 2 is 2.00 bits per heavy atom. The molecular weight excluding hydrogens is 404 g/mol. The van der Waals surface area contributed by atoms with Crippen LogP contribution < -0.4 is 0 Å².